The summed E-state index contributed by atoms with van der Waals surface area (Å²) in [5.41, 5.74) is -0.0441. The molecule has 4 aromatic rings. The molecule has 0 amide bonds. The van der Waals surface area contributed by atoms with Crippen molar-refractivity contribution >= 4 is 48.8 Å². The van der Waals surface area contributed by atoms with Crippen LogP contribution in [0, 0.1) is 0 Å². The third-order valence-electron chi connectivity index (χ3n) is 3.86. The fourth-order valence-corrected chi connectivity index (χ4v) is 7.16. The Balaban J connectivity index is 1.60. The summed E-state index contributed by atoms with van der Waals surface area (Å²) in [4.78, 5) is 24.7. The number of aromatic nitrogens is 2. The van der Waals surface area contributed by atoms with Gasteiger partial charge in [0.1, 0.15) is 0 Å². The first-order chi connectivity index (χ1) is 11.6. The second kappa shape index (κ2) is 6.35. The van der Waals surface area contributed by atoms with E-state index >= 15 is 0 Å². The Labute approximate surface area is 149 Å². The van der Waals surface area contributed by atoms with Gasteiger partial charge in [0.15, 0.2) is 0 Å². The van der Waals surface area contributed by atoms with E-state index in [4.69, 9.17) is 0 Å². The minimum atomic E-state index is -0.731. The number of aliphatic hydroxyl groups is 1. The standard InChI is InChI=1S/C17H14N2O3Se2/c20-11(9-18-16(21)12-5-1-3-7-14(12)23-18)10-19-17(22)13-6-2-4-8-15(13)24-19/h1-8,11,20H,9-10H2. The Morgan fingerprint density at radius 1 is 0.792 bits per heavy atom. The zero-order chi connectivity index (χ0) is 16.7. The van der Waals surface area contributed by atoms with Crippen LogP contribution >= 0.6 is 0 Å². The second-order valence-corrected chi connectivity index (χ2v) is 10.0. The van der Waals surface area contributed by atoms with E-state index in [9.17, 15) is 14.7 Å². The first kappa shape index (κ1) is 15.9. The molecule has 7 heteroatoms. The number of hydrogen-bond acceptors (Lipinski definition) is 3. The molecule has 2 aromatic heterocycles. The molecule has 2 aromatic carbocycles. The van der Waals surface area contributed by atoms with Gasteiger partial charge < -0.3 is 0 Å². The van der Waals surface area contributed by atoms with Crippen LogP contribution in [0.15, 0.2) is 58.1 Å². The van der Waals surface area contributed by atoms with Gasteiger partial charge in [-0.1, -0.05) is 0 Å². The van der Waals surface area contributed by atoms with Gasteiger partial charge in [-0.25, -0.2) is 0 Å². The molecule has 2 heterocycles. The van der Waals surface area contributed by atoms with Gasteiger partial charge in [-0.05, 0) is 0 Å². The van der Waals surface area contributed by atoms with Crippen molar-refractivity contribution in [2.24, 2.45) is 0 Å². The molecular weight excluding hydrogens is 438 g/mol. The fraction of sp³-hybridized carbons (Fsp3) is 0.176. The quantitative estimate of drug-likeness (QED) is 0.459. The fourth-order valence-electron chi connectivity index (χ4n) is 2.72. The molecule has 0 aliphatic carbocycles. The van der Waals surface area contributed by atoms with Crippen molar-refractivity contribution in [2.45, 2.75) is 19.2 Å². The van der Waals surface area contributed by atoms with Gasteiger partial charge in [-0.2, -0.15) is 0 Å². The van der Waals surface area contributed by atoms with E-state index in [2.05, 4.69) is 0 Å². The molecule has 0 aliphatic rings. The van der Waals surface area contributed by atoms with Crippen LogP contribution < -0.4 is 11.1 Å². The maximum atomic E-state index is 12.4. The van der Waals surface area contributed by atoms with E-state index in [1.54, 1.807) is 7.12 Å². The maximum absolute atomic E-state index is 12.4. The van der Waals surface area contributed by atoms with E-state index in [-0.39, 0.29) is 53.7 Å². The molecule has 0 radical (unpaired) electrons. The van der Waals surface area contributed by atoms with Crippen LogP contribution in [0.3, 0.4) is 0 Å². The Morgan fingerprint density at radius 2 is 1.21 bits per heavy atom. The van der Waals surface area contributed by atoms with Crippen LogP contribution in [0.25, 0.3) is 19.3 Å². The van der Waals surface area contributed by atoms with E-state index < -0.39 is 6.10 Å². The number of rotatable bonds is 4. The van der Waals surface area contributed by atoms with Crippen LogP contribution in [-0.4, -0.2) is 47.8 Å². The predicted molar refractivity (Wildman–Crippen MR) is 96.3 cm³/mol. The van der Waals surface area contributed by atoms with Crippen LogP contribution in [0.2, 0.25) is 0 Å². The van der Waals surface area contributed by atoms with Gasteiger partial charge in [-0.3, -0.25) is 0 Å². The van der Waals surface area contributed by atoms with Crippen LogP contribution in [0.1, 0.15) is 0 Å². The molecule has 1 N–H and O–H groups in total. The van der Waals surface area contributed by atoms with Crippen LogP contribution in [0.4, 0.5) is 0 Å². The SMILES string of the molecule is O=c1c2ccccc2[se]n1CC(O)Cn1[se]c2ccccc2c1=O. The Kier molecular flexibility index (Phi) is 4.20. The molecule has 0 bridgehead atoms. The summed E-state index contributed by atoms with van der Waals surface area (Å²) < 4.78 is 5.53. The van der Waals surface area contributed by atoms with Gasteiger partial charge in [-0.15, -0.1) is 0 Å². The molecule has 122 valence electrons. The molecule has 0 saturated heterocycles. The molecule has 0 spiro atoms. The number of nitrogens with zero attached hydrogens (tertiary/aromatic N) is 2. The zero-order valence-electron chi connectivity index (χ0n) is 12.6. The first-order valence-corrected chi connectivity index (χ1v) is 10.7. The third kappa shape index (κ3) is 2.79. The van der Waals surface area contributed by atoms with Crippen molar-refractivity contribution in [1.29, 1.82) is 0 Å². The summed E-state index contributed by atoms with van der Waals surface area (Å²) in [5, 5.41) is 11.9. The summed E-state index contributed by atoms with van der Waals surface area (Å²) in [6, 6.07) is 15.1. The van der Waals surface area contributed by atoms with Gasteiger partial charge in [0.25, 0.3) is 0 Å². The number of benzene rings is 2. The van der Waals surface area contributed by atoms with Gasteiger partial charge in [0, 0.05) is 0 Å². The molecule has 0 saturated carbocycles. The summed E-state index contributed by atoms with van der Waals surface area (Å²) in [6.45, 7) is 0.535. The summed E-state index contributed by atoms with van der Waals surface area (Å²) >= 11 is -0.199. The number of aliphatic hydroxyl groups excluding tert-OH is 1. The third-order valence-corrected chi connectivity index (χ3v) is 8.42. The Hall–Kier alpha value is -1.62. The number of fused-ring (bicyclic) bond motifs is 2. The molecular formula is C17H14N2O3Se2. The van der Waals surface area contributed by atoms with Gasteiger partial charge in [0.2, 0.25) is 0 Å². The molecule has 0 atom stereocenters. The molecule has 0 fully saturated rings. The average Bonchev–Trinajstić information content (AvgIpc) is 3.06. The normalized spacial score (nSPS) is 11.8. The summed E-state index contributed by atoms with van der Waals surface area (Å²) in [7, 11) is 0. The Morgan fingerprint density at radius 3 is 1.62 bits per heavy atom. The first-order valence-electron chi connectivity index (χ1n) is 7.49. The predicted octanol–water partition coefficient (Wildman–Crippen LogP) is 0.491. The molecule has 4 rings (SSSR count). The molecule has 0 aliphatic heterocycles. The van der Waals surface area contributed by atoms with E-state index in [1.165, 1.54) is 0 Å². The molecule has 0 unspecified atom stereocenters. The van der Waals surface area contributed by atoms with Gasteiger partial charge >= 0.3 is 149 Å². The monoisotopic (exact) mass is 454 g/mol. The van der Waals surface area contributed by atoms with Crippen LogP contribution in [-0.2, 0) is 13.1 Å². The minimum absolute atomic E-state index is 0.0220. The van der Waals surface area contributed by atoms with Crippen molar-refractivity contribution in [1.82, 2.24) is 7.12 Å². The van der Waals surface area contributed by atoms with E-state index in [0.717, 1.165) is 19.3 Å². The Bertz CT molecular complexity index is 1050. The van der Waals surface area contributed by atoms with Crippen molar-refractivity contribution in [3.05, 3.63) is 69.2 Å². The summed E-state index contributed by atoms with van der Waals surface area (Å²) in [6.07, 6.45) is -0.731. The van der Waals surface area contributed by atoms with Crippen LogP contribution in [0.5, 0.6) is 0 Å². The van der Waals surface area contributed by atoms with E-state index in [0.29, 0.717) is 0 Å². The van der Waals surface area contributed by atoms with Crippen molar-refractivity contribution in [2.75, 3.05) is 0 Å². The van der Waals surface area contributed by atoms with Gasteiger partial charge in [0.05, 0.1) is 0 Å². The summed E-state index contributed by atoms with van der Waals surface area (Å²) in [5.74, 6) is 0. The topological polar surface area (TPSA) is 64.2 Å². The second-order valence-electron chi connectivity index (χ2n) is 5.56. The molecule has 5 nitrogen and oxygen atoms in total. The average molecular weight is 452 g/mol. The van der Waals surface area contributed by atoms with Crippen molar-refractivity contribution < 1.29 is 5.11 Å². The zero-order valence-corrected chi connectivity index (χ0v) is 16.0. The van der Waals surface area contributed by atoms with E-state index in [1.807, 2.05) is 48.5 Å². The van der Waals surface area contributed by atoms with Crippen molar-refractivity contribution in [3.63, 3.8) is 0 Å². The number of hydrogen-bond donors (Lipinski definition) is 1. The van der Waals surface area contributed by atoms with Crippen molar-refractivity contribution in [3.8, 4) is 0 Å². The molecule has 24 heavy (non-hydrogen) atoms.